The van der Waals surface area contributed by atoms with E-state index in [9.17, 15) is 19.7 Å². The third kappa shape index (κ3) is 6.28. The van der Waals surface area contributed by atoms with Crippen LogP contribution in [0.5, 0.6) is 0 Å². The highest BCUT2D eigenvalue weighted by Gasteiger charge is 2.36. The number of hydrogen-bond donors (Lipinski definition) is 0. The third-order valence-electron chi connectivity index (χ3n) is 5.64. The molecule has 1 aliphatic rings. The van der Waals surface area contributed by atoms with Gasteiger partial charge in [-0.2, -0.15) is 0 Å². The minimum atomic E-state index is -0.637. The number of unbranched alkanes of at least 4 members (excludes halogenated alkanes) is 5. The Labute approximate surface area is 179 Å². The van der Waals surface area contributed by atoms with E-state index in [2.05, 4.69) is 6.92 Å². The predicted octanol–water partition coefficient (Wildman–Crippen LogP) is 5.29. The average Bonchev–Trinajstić information content (AvgIpc) is 2.69. The van der Waals surface area contributed by atoms with Crippen molar-refractivity contribution < 1.29 is 24.0 Å². The van der Waals surface area contributed by atoms with E-state index >= 15 is 0 Å². The lowest BCUT2D eigenvalue weighted by atomic mass is 9.82. The lowest BCUT2D eigenvalue weighted by Crippen LogP contribution is -2.25. The SMILES string of the molecule is CCCCCCCCC(C)(C)/C(=C\CC1=C(C)C(=O)C(OC)=C(OC)C1=O)[N+](=O)[O-]. The van der Waals surface area contributed by atoms with Crippen LogP contribution >= 0.6 is 0 Å². The first-order chi connectivity index (χ1) is 14.1. The highest BCUT2D eigenvalue weighted by atomic mass is 16.6. The van der Waals surface area contributed by atoms with Gasteiger partial charge >= 0.3 is 0 Å². The van der Waals surface area contributed by atoms with Crippen LogP contribution in [0.2, 0.25) is 0 Å². The summed E-state index contributed by atoms with van der Waals surface area (Å²) in [6, 6.07) is 0. The van der Waals surface area contributed by atoms with Crippen molar-refractivity contribution in [3.8, 4) is 0 Å². The second kappa shape index (κ2) is 11.7. The quantitative estimate of drug-likeness (QED) is 0.174. The van der Waals surface area contributed by atoms with Crippen LogP contribution in [0.1, 0.15) is 79.1 Å². The fourth-order valence-electron chi connectivity index (χ4n) is 3.71. The molecule has 0 aromatic carbocycles. The van der Waals surface area contributed by atoms with E-state index in [1.807, 2.05) is 13.8 Å². The van der Waals surface area contributed by atoms with E-state index in [4.69, 9.17) is 9.47 Å². The monoisotopic (exact) mass is 421 g/mol. The van der Waals surface area contributed by atoms with Crippen LogP contribution in [0.15, 0.2) is 34.4 Å². The number of ketones is 2. The van der Waals surface area contributed by atoms with E-state index in [1.165, 1.54) is 46.5 Å². The molecular weight excluding hydrogens is 386 g/mol. The fraction of sp³-hybridized carbons (Fsp3) is 0.652. The highest BCUT2D eigenvalue weighted by Crippen LogP contribution is 2.35. The van der Waals surface area contributed by atoms with E-state index in [-0.39, 0.29) is 39.7 Å². The second-order valence-electron chi connectivity index (χ2n) is 8.28. The molecule has 0 N–H and O–H groups in total. The number of rotatable bonds is 13. The van der Waals surface area contributed by atoms with Crippen molar-refractivity contribution in [2.75, 3.05) is 14.2 Å². The summed E-state index contributed by atoms with van der Waals surface area (Å²) in [5.74, 6) is -1.21. The van der Waals surface area contributed by atoms with Crippen LogP contribution in [0.3, 0.4) is 0 Å². The van der Waals surface area contributed by atoms with Crippen molar-refractivity contribution >= 4 is 11.6 Å². The van der Waals surface area contributed by atoms with Gasteiger partial charge in [-0.05, 0) is 33.3 Å². The molecule has 168 valence electrons. The molecule has 0 heterocycles. The first kappa shape index (κ1) is 25.6. The Hall–Kier alpha value is -2.44. The Balaban J connectivity index is 2.99. The summed E-state index contributed by atoms with van der Waals surface area (Å²) >= 11 is 0. The predicted molar refractivity (Wildman–Crippen MR) is 115 cm³/mol. The molecule has 0 saturated carbocycles. The van der Waals surface area contributed by atoms with Crippen molar-refractivity contribution in [3.63, 3.8) is 0 Å². The van der Waals surface area contributed by atoms with Crippen molar-refractivity contribution in [2.24, 2.45) is 5.41 Å². The maximum absolute atomic E-state index is 12.7. The maximum atomic E-state index is 12.7. The fourth-order valence-corrected chi connectivity index (χ4v) is 3.71. The molecule has 0 aromatic heterocycles. The maximum Gasteiger partial charge on any atom is 0.248 e. The zero-order valence-electron chi connectivity index (χ0n) is 19.1. The Morgan fingerprint density at radius 1 is 1.00 bits per heavy atom. The summed E-state index contributed by atoms with van der Waals surface area (Å²) < 4.78 is 10.1. The Morgan fingerprint density at radius 2 is 1.53 bits per heavy atom. The second-order valence-corrected chi connectivity index (χ2v) is 8.28. The molecule has 1 rings (SSSR count). The van der Waals surface area contributed by atoms with Crippen LogP contribution in [0.4, 0.5) is 0 Å². The molecule has 0 spiro atoms. The molecule has 0 aliphatic heterocycles. The molecule has 0 amide bonds. The zero-order chi connectivity index (χ0) is 22.9. The van der Waals surface area contributed by atoms with Gasteiger partial charge in [-0.3, -0.25) is 19.7 Å². The topological polar surface area (TPSA) is 95.7 Å². The summed E-state index contributed by atoms with van der Waals surface area (Å²) in [4.78, 5) is 36.6. The van der Waals surface area contributed by atoms with Crippen LogP contribution < -0.4 is 0 Å². The van der Waals surface area contributed by atoms with Crippen LogP contribution in [-0.4, -0.2) is 30.7 Å². The van der Waals surface area contributed by atoms with E-state index < -0.39 is 17.0 Å². The van der Waals surface area contributed by atoms with Gasteiger partial charge in [0, 0.05) is 17.6 Å². The van der Waals surface area contributed by atoms with Gasteiger partial charge in [0.1, 0.15) is 0 Å². The largest absolute Gasteiger partial charge is 0.489 e. The van der Waals surface area contributed by atoms with Gasteiger partial charge < -0.3 is 9.47 Å². The van der Waals surface area contributed by atoms with Crippen LogP contribution in [-0.2, 0) is 19.1 Å². The number of methoxy groups -OCH3 is 2. The number of carbonyl (C=O) groups excluding carboxylic acids is 2. The molecule has 0 radical (unpaired) electrons. The minimum Gasteiger partial charge on any atom is -0.489 e. The molecule has 0 aromatic rings. The number of nitrogens with zero attached hydrogens (tertiary/aromatic N) is 1. The number of Topliss-reactive ketones (excluding diaryl/α,β-unsaturated/α-hetero) is 2. The van der Waals surface area contributed by atoms with Gasteiger partial charge in [-0.1, -0.05) is 45.4 Å². The van der Waals surface area contributed by atoms with Crippen LogP contribution in [0, 0.1) is 15.5 Å². The number of carbonyl (C=O) groups is 2. The molecule has 0 bridgehead atoms. The first-order valence-corrected chi connectivity index (χ1v) is 10.6. The lowest BCUT2D eigenvalue weighted by Gasteiger charge is -2.22. The van der Waals surface area contributed by atoms with Crippen molar-refractivity contribution in [2.45, 2.75) is 79.1 Å². The summed E-state index contributed by atoms with van der Waals surface area (Å²) in [5.41, 5.74) is -0.142. The Kier molecular flexibility index (Phi) is 9.96. The van der Waals surface area contributed by atoms with E-state index in [0.29, 0.717) is 6.42 Å². The van der Waals surface area contributed by atoms with Gasteiger partial charge in [0.25, 0.3) is 0 Å². The van der Waals surface area contributed by atoms with Gasteiger partial charge in [-0.15, -0.1) is 0 Å². The summed E-state index contributed by atoms with van der Waals surface area (Å²) in [5, 5.41) is 11.8. The third-order valence-corrected chi connectivity index (χ3v) is 5.64. The normalized spacial score (nSPS) is 15.7. The van der Waals surface area contributed by atoms with Gasteiger partial charge in [0.2, 0.25) is 28.8 Å². The lowest BCUT2D eigenvalue weighted by molar-refractivity contribution is -0.440. The molecule has 0 unspecified atom stereocenters. The molecule has 30 heavy (non-hydrogen) atoms. The van der Waals surface area contributed by atoms with Crippen LogP contribution in [0.25, 0.3) is 0 Å². The van der Waals surface area contributed by atoms with Crippen molar-refractivity contribution in [3.05, 3.63) is 44.6 Å². The molecule has 0 saturated heterocycles. The number of allylic oxidation sites excluding steroid dienone is 4. The molecule has 0 fully saturated rings. The highest BCUT2D eigenvalue weighted by molar-refractivity contribution is 6.23. The summed E-state index contributed by atoms with van der Waals surface area (Å²) in [6.45, 7) is 7.40. The van der Waals surface area contributed by atoms with E-state index in [1.54, 1.807) is 0 Å². The molecular formula is C23H35NO6. The van der Waals surface area contributed by atoms with Gasteiger partial charge in [0.05, 0.1) is 24.6 Å². The molecule has 7 nitrogen and oxygen atoms in total. The van der Waals surface area contributed by atoms with Gasteiger partial charge in [0.15, 0.2) is 0 Å². The molecule has 0 atom stereocenters. The average molecular weight is 422 g/mol. The van der Waals surface area contributed by atoms with E-state index in [0.717, 1.165) is 19.3 Å². The smallest absolute Gasteiger partial charge is 0.248 e. The number of ether oxygens (including phenoxy) is 2. The number of hydrogen-bond acceptors (Lipinski definition) is 6. The van der Waals surface area contributed by atoms with Crippen molar-refractivity contribution in [1.29, 1.82) is 0 Å². The standard InChI is InChI=1S/C23H35NO6/c1-7-8-9-10-11-12-15-23(3,4)18(24(27)28)14-13-17-16(2)19(25)21(29-5)22(30-6)20(17)26/h14H,7-13,15H2,1-6H3/b18-14+. The Morgan fingerprint density at radius 3 is 2.07 bits per heavy atom. The minimum absolute atomic E-state index is 0.00347. The zero-order valence-corrected chi connectivity index (χ0v) is 19.1. The summed E-state index contributed by atoms with van der Waals surface area (Å²) in [6.07, 6.45) is 8.84. The number of nitro groups is 1. The molecule has 1 aliphatic carbocycles. The van der Waals surface area contributed by atoms with Crippen molar-refractivity contribution in [1.82, 2.24) is 0 Å². The first-order valence-electron chi connectivity index (χ1n) is 10.6. The molecule has 7 heteroatoms. The Bertz CT molecular complexity index is 758. The summed E-state index contributed by atoms with van der Waals surface area (Å²) in [7, 11) is 2.59. The van der Waals surface area contributed by atoms with Gasteiger partial charge in [-0.25, -0.2) is 0 Å².